The summed E-state index contributed by atoms with van der Waals surface area (Å²) in [4.78, 5) is 23.9. The highest BCUT2D eigenvalue weighted by Gasteiger charge is 2.56. The monoisotopic (exact) mass is 380 g/mol. The summed E-state index contributed by atoms with van der Waals surface area (Å²) in [5, 5.41) is 0. The van der Waals surface area contributed by atoms with Gasteiger partial charge in [0.25, 0.3) is 5.92 Å². The molecule has 5 nitrogen and oxygen atoms in total. The van der Waals surface area contributed by atoms with Gasteiger partial charge in [-0.1, -0.05) is 0 Å². The fourth-order valence-corrected chi connectivity index (χ4v) is 5.07. The zero-order valence-electron chi connectivity index (χ0n) is 15.5. The second kappa shape index (κ2) is 5.58. The first-order valence-electron chi connectivity index (χ1n) is 9.70. The van der Waals surface area contributed by atoms with Crippen molar-refractivity contribution < 1.29 is 18.0 Å². The van der Waals surface area contributed by atoms with Gasteiger partial charge in [-0.3, -0.25) is 0 Å². The van der Waals surface area contributed by atoms with E-state index < -0.39 is 18.1 Å². The molecule has 0 spiro atoms. The third-order valence-electron chi connectivity index (χ3n) is 6.85. The lowest BCUT2D eigenvalue weighted by Gasteiger charge is -2.42. The maximum absolute atomic E-state index is 14.4. The number of piperidine rings is 1. The van der Waals surface area contributed by atoms with Gasteiger partial charge in [-0.25, -0.2) is 9.37 Å². The largest absolute Gasteiger partial charge is 0.356 e. The van der Waals surface area contributed by atoms with Crippen molar-refractivity contribution in [3.63, 3.8) is 0 Å². The number of hydrogen-bond acceptors (Lipinski definition) is 5. The van der Waals surface area contributed by atoms with Gasteiger partial charge in [-0.05, 0) is 38.0 Å². The summed E-state index contributed by atoms with van der Waals surface area (Å²) in [7, 11) is 0. The van der Waals surface area contributed by atoms with Crippen molar-refractivity contribution in [2.45, 2.75) is 51.2 Å². The molecule has 4 aliphatic rings. The fourth-order valence-electron chi connectivity index (χ4n) is 5.07. The number of rotatable bonds is 4. The Morgan fingerprint density at radius 3 is 2.52 bits per heavy atom. The predicted molar refractivity (Wildman–Crippen MR) is 93.9 cm³/mol. The van der Waals surface area contributed by atoms with E-state index in [1.165, 1.54) is 0 Å². The quantitative estimate of drug-likeness (QED) is 0.804. The van der Waals surface area contributed by atoms with Crippen molar-refractivity contribution in [1.82, 2.24) is 9.97 Å². The molecular formula is C19H23F3N4O. The van der Waals surface area contributed by atoms with E-state index in [1.54, 1.807) is 18.7 Å². The number of fused-ring (bicyclic) bond motifs is 2. The Morgan fingerprint density at radius 2 is 1.93 bits per heavy atom. The lowest BCUT2D eigenvalue weighted by Crippen LogP contribution is -2.57. The Labute approximate surface area is 155 Å². The smallest absolute Gasteiger partial charge is 0.290 e. The predicted octanol–water partition coefficient (Wildman–Crippen LogP) is 2.72. The average Bonchev–Trinajstić information content (AvgIpc) is 2.96. The molecule has 3 unspecified atom stereocenters. The van der Waals surface area contributed by atoms with Crippen molar-refractivity contribution in [2.75, 3.05) is 29.4 Å². The van der Waals surface area contributed by atoms with Gasteiger partial charge in [0.05, 0.1) is 12.6 Å². The summed E-state index contributed by atoms with van der Waals surface area (Å²) >= 11 is 0. The third kappa shape index (κ3) is 2.55. The van der Waals surface area contributed by atoms with Crippen LogP contribution in [0.4, 0.5) is 24.9 Å². The van der Waals surface area contributed by atoms with Crippen molar-refractivity contribution >= 4 is 17.5 Å². The zero-order valence-corrected chi connectivity index (χ0v) is 15.5. The van der Waals surface area contributed by atoms with Crippen LogP contribution < -0.4 is 9.80 Å². The molecule has 8 heteroatoms. The van der Waals surface area contributed by atoms with Crippen LogP contribution in [0.5, 0.6) is 0 Å². The number of alkyl halides is 3. The summed E-state index contributed by atoms with van der Waals surface area (Å²) in [6, 6.07) is -0.391. The molecule has 3 heterocycles. The summed E-state index contributed by atoms with van der Waals surface area (Å²) < 4.78 is 42.4. The van der Waals surface area contributed by atoms with Crippen LogP contribution >= 0.6 is 0 Å². The molecule has 0 amide bonds. The van der Waals surface area contributed by atoms with Crippen molar-refractivity contribution in [3.05, 3.63) is 11.3 Å². The van der Waals surface area contributed by atoms with E-state index in [0.29, 0.717) is 35.6 Å². The van der Waals surface area contributed by atoms with Gasteiger partial charge in [0.1, 0.15) is 23.5 Å². The first-order chi connectivity index (χ1) is 12.8. The molecule has 0 aromatic carbocycles. The van der Waals surface area contributed by atoms with Crippen molar-refractivity contribution in [2.24, 2.45) is 17.8 Å². The summed E-state index contributed by atoms with van der Waals surface area (Å²) in [5.41, 5.74) is 0.357. The molecule has 1 saturated carbocycles. The maximum atomic E-state index is 14.4. The Morgan fingerprint density at radius 1 is 1.22 bits per heavy atom. The van der Waals surface area contributed by atoms with E-state index in [0.717, 1.165) is 13.1 Å². The van der Waals surface area contributed by atoms with E-state index in [4.69, 9.17) is 0 Å². The van der Waals surface area contributed by atoms with Gasteiger partial charge in [-0.2, -0.15) is 13.8 Å². The number of ketones is 1. The van der Waals surface area contributed by atoms with E-state index in [-0.39, 0.29) is 36.8 Å². The van der Waals surface area contributed by atoms with E-state index in [9.17, 15) is 18.0 Å². The first-order valence-corrected chi connectivity index (χ1v) is 9.70. The summed E-state index contributed by atoms with van der Waals surface area (Å²) in [5.74, 6) is -0.616. The fraction of sp³-hybridized carbons (Fsp3) is 0.737. The number of aromatic nitrogens is 2. The second-order valence-corrected chi connectivity index (χ2v) is 8.59. The highest BCUT2D eigenvalue weighted by atomic mass is 19.3. The van der Waals surface area contributed by atoms with Crippen LogP contribution in [0.3, 0.4) is 0 Å². The standard InChI is InChI=1S/C19H23F3N4O/c1-9(27)5-12-13-6-25(7-14(12)13)17-11-3-4-19(21,22)16(11)23-18(24-17)26-8-15(20)10(26)2/h10,12-15H,3-8H2,1-2H3/t10?,12?,13-,14+,15?. The molecule has 0 bridgehead atoms. The Kier molecular flexibility index (Phi) is 3.56. The molecule has 2 saturated heterocycles. The Hall–Kier alpha value is -1.86. The van der Waals surface area contributed by atoms with Gasteiger partial charge in [0.2, 0.25) is 5.95 Å². The highest BCUT2D eigenvalue weighted by Crippen LogP contribution is 2.55. The molecular weight excluding hydrogens is 357 g/mol. The normalized spacial score (nSPS) is 35.7. The van der Waals surface area contributed by atoms with Gasteiger partial charge in [0.15, 0.2) is 0 Å². The molecule has 1 aromatic heterocycles. The molecule has 5 atom stereocenters. The van der Waals surface area contributed by atoms with Crippen LogP contribution in [0.2, 0.25) is 0 Å². The zero-order chi connectivity index (χ0) is 19.1. The molecule has 5 rings (SSSR count). The van der Waals surface area contributed by atoms with Crippen LogP contribution in [-0.2, 0) is 17.1 Å². The van der Waals surface area contributed by atoms with Gasteiger partial charge in [-0.15, -0.1) is 0 Å². The Bertz CT molecular complexity index is 804. The first kappa shape index (κ1) is 17.3. The average molecular weight is 380 g/mol. The number of hydrogen-bond donors (Lipinski definition) is 0. The number of carbonyl (C=O) groups excluding carboxylic acids is 1. The second-order valence-electron chi connectivity index (χ2n) is 8.59. The van der Waals surface area contributed by atoms with E-state index >= 15 is 0 Å². The molecule has 146 valence electrons. The topological polar surface area (TPSA) is 49.3 Å². The molecule has 27 heavy (non-hydrogen) atoms. The van der Waals surface area contributed by atoms with Crippen LogP contribution in [0.25, 0.3) is 0 Å². The molecule has 1 aromatic rings. The van der Waals surface area contributed by atoms with Crippen LogP contribution in [0.15, 0.2) is 0 Å². The minimum Gasteiger partial charge on any atom is -0.356 e. The van der Waals surface area contributed by atoms with E-state index in [1.807, 2.05) is 0 Å². The lowest BCUT2D eigenvalue weighted by molar-refractivity contribution is -0.117. The number of Topliss-reactive ketones (excluding diaryl/α,β-unsaturated/α-hetero) is 1. The van der Waals surface area contributed by atoms with E-state index in [2.05, 4.69) is 14.9 Å². The molecule has 0 N–H and O–H groups in total. The number of carbonyl (C=O) groups is 1. The number of halogens is 3. The maximum Gasteiger partial charge on any atom is 0.290 e. The Balaban J connectivity index is 1.45. The van der Waals surface area contributed by atoms with Crippen molar-refractivity contribution in [3.8, 4) is 0 Å². The SMILES string of the molecule is CC(=O)CC1[C@H]2CN(c3nc(N4CC(F)C4C)nc4c3CCC4(F)F)C[C@@H]12. The summed E-state index contributed by atoms with van der Waals surface area (Å²) in [6.07, 6.45) is -0.348. The van der Waals surface area contributed by atoms with Crippen LogP contribution in [0, 0.1) is 17.8 Å². The van der Waals surface area contributed by atoms with Crippen LogP contribution in [-0.4, -0.2) is 47.6 Å². The molecule has 0 radical (unpaired) electrons. The minimum absolute atomic E-state index is 0.150. The highest BCUT2D eigenvalue weighted by molar-refractivity contribution is 5.76. The number of anilines is 2. The third-order valence-corrected chi connectivity index (χ3v) is 6.85. The molecule has 3 fully saturated rings. The van der Waals surface area contributed by atoms with Gasteiger partial charge < -0.3 is 14.6 Å². The molecule has 2 aliphatic heterocycles. The molecule has 2 aliphatic carbocycles. The number of nitrogens with zero attached hydrogens (tertiary/aromatic N) is 4. The summed E-state index contributed by atoms with van der Waals surface area (Å²) in [6.45, 7) is 4.98. The van der Waals surface area contributed by atoms with Crippen molar-refractivity contribution in [1.29, 1.82) is 0 Å². The van der Waals surface area contributed by atoms with Crippen LogP contribution in [0.1, 0.15) is 37.9 Å². The lowest BCUT2D eigenvalue weighted by atomic mass is 10.0. The van der Waals surface area contributed by atoms with Gasteiger partial charge in [0, 0.05) is 31.5 Å². The minimum atomic E-state index is -2.95. The van der Waals surface area contributed by atoms with Gasteiger partial charge >= 0.3 is 0 Å².